The van der Waals surface area contributed by atoms with Gasteiger partial charge in [0.1, 0.15) is 5.75 Å². The Balaban J connectivity index is 2.03. The highest BCUT2D eigenvalue weighted by molar-refractivity contribution is 5.40. The van der Waals surface area contributed by atoms with Crippen molar-refractivity contribution in [2.45, 2.75) is 104 Å². The summed E-state index contributed by atoms with van der Waals surface area (Å²) in [4.78, 5) is 0. The predicted molar refractivity (Wildman–Crippen MR) is 157 cm³/mol. The molecule has 0 fully saturated rings. The number of ether oxygens (including phenoxy) is 2. The van der Waals surface area contributed by atoms with E-state index in [2.05, 4.69) is 133 Å². The molecule has 0 heterocycles. The van der Waals surface area contributed by atoms with Crippen LogP contribution in [-0.2, 0) is 10.2 Å². The van der Waals surface area contributed by atoms with Crippen LogP contribution < -0.4 is 4.74 Å². The van der Waals surface area contributed by atoms with Crippen molar-refractivity contribution in [2.24, 2.45) is 5.41 Å². The first-order valence-electron chi connectivity index (χ1n) is 14.3. The molecule has 0 saturated carbocycles. The predicted octanol–water partition coefficient (Wildman–Crippen LogP) is 9.92. The topological polar surface area (TPSA) is 18.5 Å². The molecule has 200 valence electrons. The quantitative estimate of drug-likeness (QED) is 0.217. The molecule has 0 amide bonds. The largest absolute Gasteiger partial charge is 0.464 e. The summed E-state index contributed by atoms with van der Waals surface area (Å²) in [5.41, 5.74) is 3.48. The second-order valence-electron chi connectivity index (χ2n) is 11.6. The molecule has 0 radical (unpaired) electrons. The molecule has 2 nitrogen and oxygen atoms in total. The Morgan fingerprint density at radius 1 is 0.649 bits per heavy atom. The van der Waals surface area contributed by atoms with Gasteiger partial charge >= 0.3 is 0 Å². The molecular formula is C35H48O2. The molecule has 0 N–H and O–H groups in total. The Bertz CT molecular complexity index is 995. The van der Waals surface area contributed by atoms with Crippen molar-refractivity contribution < 1.29 is 9.47 Å². The lowest BCUT2D eigenvalue weighted by atomic mass is 9.74. The van der Waals surface area contributed by atoms with Crippen molar-refractivity contribution in [3.63, 3.8) is 0 Å². The second kappa shape index (κ2) is 13.3. The van der Waals surface area contributed by atoms with Crippen LogP contribution in [0.25, 0.3) is 0 Å². The number of hydrogen-bond donors (Lipinski definition) is 0. The lowest BCUT2D eigenvalue weighted by molar-refractivity contribution is -0.151. The fourth-order valence-electron chi connectivity index (χ4n) is 5.45. The normalized spacial score (nSPS) is 14.7. The van der Waals surface area contributed by atoms with Gasteiger partial charge in [-0.3, -0.25) is 0 Å². The van der Waals surface area contributed by atoms with E-state index in [9.17, 15) is 0 Å². The third-order valence-corrected chi connectivity index (χ3v) is 7.75. The van der Waals surface area contributed by atoms with Gasteiger partial charge in [-0.25, -0.2) is 0 Å². The Labute approximate surface area is 226 Å². The van der Waals surface area contributed by atoms with Crippen molar-refractivity contribution in [3.8, 4) is 5.75 Å². The van der Waals surface area contributed by atoms with Gasteiger partial charge in [-0.05, 0) is 66.3 Å². The molecule has 0 aliphatic heterocycles. The maximum Gasteiger partial charge on any atom is 0.213 e. The maximum absolute atomic E-state index is 6.87. The zero-order valence-electron chi connectivity index (χ0n) is 24.2. The Hall–Kier alpha value is -2.58. The fraction of sp³-hybridized carbons (Fsp3) is 0.486. The molecule has 0 aliphatic rings. The standard InChI is InChI=1S/C35H48O2/c1-8-17-30(10-3)36-33(35(7,28-19-13-11-14-20-28)29-21-15-12-16-22-29)37-31-25-23-27(24-26-31)32(18-9-2)34(4,5)6/h11-16,19-26,30,32-33H,8-10,17-18H2,1-7H3. The molecule has 3 rings (SSSR count). The van der Waals surface area contributed by atoms with E-state index in [-0.39, 0.29) is 11.5 Å². The zero-order chi connectivity index (χ0) is 26.9. The summed E-state index contributed by atoms with van der Waals surface area (Å²) in [6.45, 7) is 16.0. The monoisotopic (exact) mass is 500 g/mol. The summed E-state index contributed by atoms with van der Waals surface area (Å²) in [5, 5.41) is 0. The molecular weight excluding hydrogens is 452 g/mol. The zero-order valence-corrected chi connectivity index (χ0v) is 24.2. The molecule has 3 aromatic carbocycles. The molecule has 0 saturated heterocycles. The van der Waals surface area contributed by atoms with Crippen LogP contribution in [0.5, 0.6) is 5.75 Å². The molecule has 37 heavy (non-hydrogen) atoms. The summed E-state index contributed by atoms with van der Waals surface area (Å²) >= 11 is 0. The van der Waals surface area contributed by atoms with E-state index in [4.69, 9.17) is 9.47 Å². The first-order valence-corrected chi connectivity index (χ1v) is 14.3. The fourth-order valence-corrected chi connectivity index (χ4v) is 5.45. The van der Waals surface area contributed by atoms with E-state index < -0.39 is 11.7 Å². The average Bonchev–Trinajstić information content (AvgIpc) is 2.91. The van der Waals surface area contributed by atoms with E-state index in [1.165, 1.54) is 29.5 Å². The maximum atomic E-state index is 6.87. The van der Waals surface area contributed by atoms with Crippen LogP contribution in [0.3, 0.4) is 0 Å². The van der Waals surface area contributed by atoms with Gasteiger partial charge in [0.25, 0.3) is 0 Å². The van der Waals surface area contributed by atoms with E-state index in [1.807, 2.05) is 0 Å². The van der Waals surface area contributed by atoms with Gasteiger partial charge in [0.05, 0.1) is 11.5 Å². The van der Waals surface area contributed by atoms with Gasteiger partial charge in [0.2, 0.25) is 6.29 Å². The van der Waals surface area contributed by atoms with Gasteiger partial charge in [-0.1, -0.05) is 127 Å². The third kappa shape index (κ3) is 7.26. The number of rotatable bonds is 13. The van der Waals surface area contributed by atoms with Gasteiger partial charge in [-0.2, -0.15) is 0 Å². The molecule has 2 heteroatoms. The lowest BCUT2D eigenvalue weighted by Gasteiger charge is -2.40. The summed E-state index contributed by atoms with van der Waals surface area (Å²) < 4.78 is 13.7. The average molecular weight is 501 g/mol. The molecule has 3 atom stereocenters. The molecule has 3 unspecified atom stereocenters. The van der Waals surface area contributed by atoms with Crippen LogP contribution in [0.2, 0.25) is 0 Å². The number of benzene rings is 3. The minimum absolute atomic E-state index is 0.135. The molecule has 0 bridgehead atoms. The third-order valence-electron chi connectivity index (χ3n) is 7.75. The molecule has 0 aromatic heterocycles. The van der Waals surface area contributed by atoms with Crippen LogP contribution in [0, 0.1) is 5.41 Å². The van der Waals surface area contributed by atoms with Gasteiger partial charge in [-0.15, -0.1) is 0 Å². The van der Waals surface area contributed by atoms with Gasteiger partial charge in [0.15, 0.2) is 0 Å². The summed E-state index contributed by atoms with van der Waals surface area (Å²) in [6.07, 6.45) is 5.07. The second-order valence-corrected chi connectivity index (χ2v) is 11.6. The minimum Gasteiger partial charge on any atom is -0.464 e. The van der Waals surface area contributed by atoms with Crippen LogP contribution >= 0.6 is 0 Å². The van der Waals surface area contributed by atoms with Crippen molar-refractivity contribution in [1.29, 1.82) is 0 Å². The van der Waals surface area contributed by atoms with Crippen molar-refractivity contribution in [3.05, 3.63) is 102 Å². The van der Waals surface area contributed by atoms with Crippen molar-refractivity contribution in [2.75, 3.05) is 0 Å². The van der Waals surface area contributed by atoms with Crippen LogP contribution in [0.4, 0.5) is 0 Å². The Kier molecular flexibility index (Phi) is 10.4. The van der Waals surface area contributed by atoms with Crippen LogP contribution in [0.15, 0.2) is 84.9 Å². The lowest BCUT2D eigenvalue weighted by Crippen LogP contribution is -2.45. The van der Waals surface area contributed by atoms with E-state index in [0.717, 1.165) is 25.0 Å². The molecule has 3 aromatic rings. The first kappa shape index (κ1) is 29.0. The number of hydrogen-bond acceptors (Lipinski definition) is 2. The highest BCUT2D eigenvalue weighted by atomic mass is 16.7. The Morgan fingerprint density at radius 3 is 1.59 bits per heavy atom. The minimum atomic E-state index is -0.488. The summed E-state index contributed by atoms with van der Waals surface area (Å²) in [5.74, 6) is 1.37. The van der Waals surface area contributed by atoms with Gasteiger partial charge in [0, 0.05) is 0 Å². The van der Waals surface area contributed by atoms with E-state index in [1.54, 1.807) is 0 Å². The smallest absolute Gasteiger partial charge is 0.213 e. The van der Waals surface area contributed by atoms with Crippen LogP contribution in [0.1, 0.15) is 103 Å². The summed E-state index contributed by atoms with van der Waals surface area (Å²) in [6, 6.07) is 30.1. The Morgan fingerprint density at radius 2 is 1.16 bits per heavy atom. The van der Waals surface area contributed by atoms with E-state index >= 15 is 0 Å². The highest BCUT2D eigenvalue weighted by Crippen LogP contribution is 2.41. The van der Waals surface area contributed by atoms with Gasteiger partial charge < -0.3 is 9.47 Å². The SMILES string of the molecule is CCCC(CC)OC(Oc1ccc(C(CCC)C(C)(C)C)cc1)C(C)(c1ccccc1)c1ccccc1. The molecule has 0 spiro atoms. The summed E-state index contributed by atoms with van der Waals surface area (Å²) in [7, 11) is 0. The molecule has 0 aliphatic carbocycles. The van der Waals surface area contributed by atoms with Crippen molar-refractivity contribution in [1.82, 2.24) is 0 Å². The first-order chi connectivity index (χ1) is 17.7. The van der Waals surface area contributed by atoms with Crippen molar-refractivity contribution >= 4 is 0 Å². The van der Waals surface area contributed by atoms with Crippen LogP contribution in [-0.4, -0.2) is 12.4 Å². The van der Waals surface area contributed by atoms with E-state index in [0.29, 0.717) is 5.92 Å². The highest BCUT2D eigenvalue weighted by Gasteiger charge is 2.42.